The van der Waals surface area contributed by atoms with Crippen LogP contribution in [0.2, 0.25) is 0 Å². The van der Waals surface area contributed by atoms with E-state index in [4.69, 9.17) is 0 Å². The molecule has 2 aliphatic rings. The van der Waals surface area contributed by atoms with Gasteiger partial charge in [0.05, 0.1) is 18.1 Å². The quantitative estimate of drug-likeness (QED) is 0.801. The summed E-state index contributed by atoms with van der Waals surface area (Å²) >= 11 is 0. The third-order valence-electron chi connectivity index (χ3n) is 3.96. The average Bonchev–Trinajstić information content (AvgIpc) is 3.02. The summed E-state index contributed by atoms with van der Waals surface area (Å²) < 4.78 is 52.4. The van der Waals surface area contributed by atoms with Gasteiger partial charge in [-0.3, -0.25) is 4.90 Å². The molecular weight excluding hydrogens is 288 g/mol. The maximum atomic E-state index is 14.2. The van der Waals surface area contributed by atoms with Crippen LogP contribution < -0.4 is 0 Å². The average molecular weight is 304 g/mol. The lowest BCUT2D eigenvalue weighted by Gasteiger charge is -2.17. The molecule has 3 heterocycles. The number of alkyl halides is 4. The van der Waals surface area contributed by atoms with E-state index in [0.717, 1.165) is 5.69 Å². The van der Waals surface area contributed by atoms with E-state index in [9.17, 15) is 17.6 Å². The van der Waals surface area contributed by atoms with Crippen molar-refractivity contribution in [2.75, 3.05) is 19.6 Å². The van der Waals surface area contributed by atoms with Crippen LogP contribution in [0, 0.1) is 0 Å². The Morgan fingerprint density at radius 3 is 2.86 bits per heavy atom. The summed E-state index contributed by atoms with van der Waals surface area (Å²) in [6.07, 6.45) is -2.10. The molecule has 0 amide bonds. The summed E-state index contributed by atoms with van der Waals surface area (Å²) in [5.41, 5.74) is 0.889. The van der Waals surface area contributed by atoms with Gasteiger partial charge in [-0.15, -0.1) is 0 Å². The Bertz CT molecular complexity index is 537. The van der Waals surface area contributed by atoms with Crippen molar-refractivity contribution in [2.45, 2.75) is 37.7 Å². The summed E-state index contributed by atoms with van der Waals surface area (Å²) in [7, 11) is 0. The van der Waals surface area contributed by atoms with Crippen LogP contribution in [0.1, 0.15) is 24.6 Å². The smallest absolute Gasteiger partial charge is 0.325 e. The Balaban J connectivity index is 1.59. The van der Waals surface area contributed by atoms with Crippen molar-refractivity contribution in [3.8, 4) is 0 Å². The number of aliphatic imine (C=N–C) groups is 1. The van der Waals surface area contributed by atoms with Gasteiger partial charge in [-0.1, -0.05) is 0 Å². The summed E-state index contributed by atoms with van der Waals surface area (Å²) in [6.45, 7) is 0.863. The Morgan fingerprint density at radius 2 is 2.10 bits per heavy atom. The zero-order chi connectivity index (χ0) is 15.0. The number of likely N-dealkylation sites (tertiary alicyclic amines) is 1. The first-order chi connectivity index (χ1) is 9.94. The van der Waals surface area contributed by atoms with Gasteiger partial charge in [-0.25, -0.2) is 14.4 Å². The monoisotopic (exact) mass is 304 g/mol. The highest BCUT2D eigenvalue weighted by molar-refractivity contribution is 5.72. The lowest BCUT2D eigenvalue weighted by molar-refractivity contribution is -0.136. The number of aromatic nitrogens is 2. The first kappa shape index (κ1) is 14.5. The van der Waals surface area contributed by atoms with Crippen LogP contribution in [0.5, 0.6) is 0 Å². The number of hydrogen-bond acceptors (Lipinski definition) is 3. The van der Waals surface area contributed by atoms with E-state index < -0.39 is 18.8 Å². The molecule has 0 N–H and O–H groups in total. The lowest BCUT2D eigenvalue weighted by Crippen LogP contribution is -2.24. The van der Waals surface area contributed by atoms with Gasteiger partial charge in [0.2, 0.25) is 0 Å². The summed E-state index contributed by atoms with van der Waals surface area (Å²) in [5, 5.41) is 0. The molecule has 0 aromatic carbocycles. The van der Waals surface area contributed by atoms with Crippen molar-refractivity contribution in [3.05, 3.63) is 12.0 Å². The highest BCUT2D eigenvalue weighted by Gasteiger charge is 2.36. The predicted molar refractivity (Wildman–Crippen MR) is 69.7 cm³/mol. The fourth-order valence-electron chi connectivity index (χ4n) is 2.96. The second-order valence-electron chi connectivity index (χ2n) is 5.50. The first-order valence-electron chi connectivity index (χ1n) is 6.95. The molecule has 3 rings (SSSR count). The van der Waals surface area contributed by atoms with Gasteiger partial charge in [0.15, 0.2) is 5.82 Å². The van der Waals surface area contributed by atoms with E-state index in [0.29, 0.717) is 18.8 Å². The van der Waals surface area contributed by atoms with Crippen LogP contribution in [-0.2, 0) is 6.42 Å². The van der Waals surface area contributed by atoms with Crippen molar-refractivity contribution in [2.24, 2.45) is 4.99 Å². The number of fused-ring (bicyclic) bond motifs is 1. The third-order valence-corrected chi connectivity index (χ3v) is 3.96. The Morgan fingerprint density at radius 1 is 1.29 bits per heavy atom. The standard InChI is InChI=1S/C13H16F4N4/c14-9-6-20(5-1-3-13(15,16)17)7-11(9)21-8-19-12-10(21)2-4-18-12/h4,8-9,11H,1-3,5-7H2/t9?,11-/m1/s1. The highest BCUT2D eigenvalue weighted by Crippen LogP contribution is 2.31. The third kappa shape index (κ3) is 3.09. The molecule has 2 aliphatic heterocycles. The zero-order valence-corrected chi connectivity index (χ0v) is 11.4. The van der Waals surface area contributed by atoms with Crippen LogP contribution in [-0.4, -0.2) is 52.6 Å². The molecular formula is C13H16F4N4. The van der Waals surface area contributed by atoms with Crippen LogP contribution in [0.15, 0.2) is 11.3 Å². The van der Waals surface area contributed by atoms with Crippen molar-refractivity contribution in [1.29, 1.82) is 0 Å². The highest BCUT2D eigenvalue weighted by atomic mass is 19.4. The molecule has 0 aliphatic carbocycles. The fourth-order valence-corrected chi connectivity index (χ4v) is 2.96. The van der Waals surface area contributed by atoms with Gasteiger partial charge < -0.3 is 4.57 Å². The van der Waals surface area contributed by atoms with Crippen molar-refractivity contribution in [1.82, 2.24) is 14.5 Å². The maximum absolute atomic E-state index is 14.2. The Hall–Kier alpha value is -1.44. The molecule has 116 valence electrons. The van der Waals surface area contributed by atoms with E-state index in [1.54, 1.807) is 22.0 Å². The number of hydrogen-bond donors (Lipinski definition) is 0. The minimum atomic E-state index is -4.14. The lowest BCUT2D eigenvalue weighted by atomic mass is 10.2. The van der Waals surface area contributed by atoms with Gasteiger partial charge in [0.1, 0.15) is 6.17 Å². The van der Waals surface area contributed by atoms with E-state index in [2.05, 4.69) is 9.98 Å². The van der Waals surface area contributed by atoms with Gasteiger partial charge >= 0.3 is 6.18 Å². The predicted octanol–water partition coefficient (Wildman–Crippen LogP) is 2.68. The second-order valence-corrected chi connectivity index (χ2v) is 5.50. The number of rotatable bonds is 4. The Kier molecular flexibility index (Phi) is 3.73. The van der Waals surface area contributed by atoms with Crippen molar-refractivity contribution in [3.63, 3.8) is 0 Å². The molecule has 1 unspecified atom stereocenters. The molecule has 21 heavy (non-hydrogen) atoms. The minimum Gasteiger partial charge on any atom is -0.325 e. The van der Waals surface area contributed by atoms with E-state index in [1.165, 1.54) is 0 Å². The number of imidazole rings is 1. The van der Waals surface area contributed by atoms with Crippen molar-refractivity contribution < 1.29 is 17.6 Å². The number of nitrogens with zero attached hydrogens (tertiary/aromatic N) is 4. The van der Waals surface area contributed by atoms with Gasteiger partial charge in [0, 0.05) is 32.1 Å². The molecule has 1 saturated heterocycles. The van der Waals surface area contributed by atoms with Crippen LogP contribution in [0.25, 0.3) is 0 Å². The van der Waals surface area contributed by atoms with Gasteiger partial charge in [-0.2, -0.15) is 13.2 Å². The van der Waals surface area contributed by atoms with Crippen LogP contribution in [0.4, 0.5) is 23.4 Å². The summed E-state index contributed by atoms with van der Waals surface area (Å²) in [4.78, 5) is 9.97. The SMILES string of the molecule is FC1CN(CCCC(F)(F)F)C[C@H]1n1cnc2c1CC=N2. The molecule has 2 atom stereocenters. The van der Waals surface area contributed by atoms with E-state index in [-0.39, 0.29) is 25.6 Å². The molecule has 1 aromatic heterocycles. The van der Waals surface area contributed by atoms with Gasteiger partial charge in [0.25, 0.3) is 0 Å². The maximum Gasteiger partial charge on any atom is 0.389 e. The zero-order valence-electron chi connectivity index (χ0n) is 11.4. The normalized spacial score (nSPS) is 25.7. The molecule has 0 radical (unpaired) electrons. The van der Waals surface area contributed by atoms with E-state index >= 15 is 0 Å². The molecule has 0 saturated carbocycles. The Labute approximate surface area is 119 Å². The molecule has 1 aromatic rings. The topological polar surface area (TPSA) is 33.4 Å². The molecule has 1 fully saturated rings. The minimum absolute atomic E-state index is 0.00802. The van der Waals surface area contributed by atoms with Gasteiger partial charge in [-0.05, 0) is 13.0 Å². The van der Waals surface area contributed by atoms with Crippen LogP contribution >= 0.6 is 0 Å². The van der Waals surface area contributed by atoms with Crippen LogP contribution in [0.3, 0.4) is 0 Å². The summed E-state index contributed by atoms with van der Waals surface area (Å²) in [6, 6.07) is -0.381. The number of halogens is 4. The largest absolute Gasteiger partial charge is 0.389 e. The van der Waals surface area contributed by atoms with E-state index in [1.807, 2.05) is 0 Å². The molecule has 8 heteroatoms. The molecule has 0 spiro atoms. The van der Waals surface area contributed by atoms with Crippen molar-refractivity contribution >= 4 is 12.0 Å². The first-order valence-corrected chi connectivity index (χ1v) is 6.95. The molecule has 4 nitrogen and oxygen atoms in total. The second kappa shape index (κ2) is 5.40. The molecule has 0 bridgehead atoms. The fraction of sp³-hybridized carbons (Fsp3) is 0.692. The summed E-state index contributed by atoms with van der Waals surface area (Å²) in [5.74, 6) is 0.623.